The van der Waals surface area contributed by atoms with Crippen LogP contribution in [0, 0.1) is 13.8 Å². The van der Waals surface area contributed by atoms with E-state index in [9.17, 15) is 14.7 Å². The number of rotatable bonds is 5. The number of nitrogens with one attached hydrogen (secondary N) is 2. The summed E-state index contributed by atoms with van der Waals surface area (Å²) in [6.45, 7) is 8.22. The van der Waals surface area contributed by atoms with Gasteiger partial charge in [0.2, 0.25) is 0 Å². The van der Waals surface area contributed by atoms with E-state index < -0.39 is 12.0 Å². The van der Waals surface area contributed by atoms with Gasteiger partial charge in [-0.1, -0.05) is 44.2 Å². The molecule has 2 heterocycles. The Labute approximate surface area is 186 Å². The first-order valence-corrected chi connectivity index (χ1v) is 10.5. The van der Waals surface area contributed by atoms with Gasteiger partial charge in [-0.15, -0.1) is 0 Å². The number of anilines is 2. The topological polar surface area (TPSA) is 96.3 Å². The highest BCUT2D eigenvalue weighted by Crippen LogP contribution is 2.33. The maximum absolute atomic E-state index is 13.0. The fraction of sp³-hybridized carbons (Fsp3) is 0.240. The van der Waals surface area contributed by atoms with Crippen LogP contribution >= 0.6 is 0 Å². The van der Waals surface area contributed by atoms with Crippen molar-refractivity contribution in [3.05, 3.63) is 88.3 Å². The number of nitrogens with zero attached hydrogens (tertiary/aromatic N) is 2. The molecule has 0 aliphatic carbocycles. The third kappa shape index (κ3) is 4.01. The van der Waals surface area contributed by atoms with Crippen molar-refractivity contribution in [2.75, 3.05) is 10.6 Å². The Balaban J connectivity index is 1.69. The number of hydrogen-bond donors (Lipinski definition) is 3. The molecular weight excluding hydrogens is 404 g/mol. The van der Waals surface area contributed by atoms with Crippen molar-refractivity contribution >= 4 is 23.4 Å². The molecule has 3 N–H and O–H groups in total. The van der Waals surface area contributed by atoms with Crippen molar-refractivity contribution in [1.29, 1.82) is 0 Å². The van der Waals surface area contributed by atoms with Crippen LogP contribution in [-0.2, 0) is 4.79 Å². The fourth-order valence-electron chi connectivity index (χ4n) is 3.72. The van der Waals surface area contributed by atoms with Crippen LogP contribution in [0.25, 0.3) is 0 Å². The standard InChI is InChI=1S/C25H26N4O3/c1-14(2)17-6-8-18(9-7-17)22-12-21(25(31)32)28-23-20(13-26-29(22)23)24(30)27-19-10-5-15(3)16(4)11-19/h5-14,22,28H,1-4H3,(H,27,30)(H,31,32). The molecule has 1 aliphatic heterocycles. The Morgan fingerprint density at radius 1 is 1.09 bits per heavy atom. The summed E-state index contributed by atoms with van der Waals surface area (Å²) in [5, 5.41) is 19.8. The third-order valence-corrected chi connectivity index (χ3v) is 5.82. The minimum atomic E-state index is -1.10. The lowest BCUT2D eigenvalue weighted by atomic mass is 9.98. The zero-order valence-corrected chi connectivity index (χ0v) is 18.5. The smallest absolute Gasteiger partial charge is 0.352 e. The number of benzene rings is 2. The number of aliphatic carboxylic acids is 1. The van der Waals surface area contributed by atoms with E-state index in [0.717, 1.165) is 16.7 Å². The number of aromatic nitrogens is 2. The maximum atomic E-state index is 13.0. The highest BCUT2D eigenvalue weighted by atomic mass is 16.4. The van der Waals surface area contributed by atoms with E-state index in [1.807, 2.05) is 56.3 Å². The second kappa shape index (κ2) is 8.34. The zero-order valence-electron chi connectivity index (χ0n) is 18.5. The Hall–Kier alpha value is -3.87. The minimum absolute atomic E-state index is 0.0103. The first-order chi connectivity index (χ1) is 15.2. The predicted molar refractivity (Wildman–Crippen MR) is 124 cm³/mol. The van der Waals surface area contributed by atoms with Crippen LogP contribution in [0.5, 0.6) is 0 Å². The van der Waals surface area contributed by atoms with E-state index in [-0.39, 0.29) is 17.2 Å². The van der Waals surface area contributed by atoms with E-state index in [1.165, 1.54) is 11.8 Å². The molecule has 1 aliphatic rings. The molecule has 1 atom stereocenters. The summed E-state index contributed by atoms with van der Waals surface area (Å²) in [6.07, 6.45) is 3.07. The molecule has 0 fully saturated rings. The van der Waals surface area contributed by atoms with E-state index in [1.54, 1.807) is 10.8 Å². The van der Waals surface area contributed by atoms with Gasteiger partial charge in [0.15, 0.2) is 0 Å². The van der Waals surface area contributed by atoms with Crippen molar-refractivity contribution in [3.8, 4) is 0 Å². The van der Waals surface area contributed by atoms with Crippen LogP contribution in [-0.4, -0.2) is 26.8 Å². The van der Waals surface area contributed by atoms with E-state index in [2.05, 4.69) is 29.6 Å². The molecule has 2 aromatic carbocycles. The lowest BCUT2D eigenvalue weighted by Crippen LogP contribution is -2.25. The number of carboxylic acids is 1. The molecule has 0 saturated heterocycles. The Kier molecular flexibility index (Phi) is 5.57. The number of carbonyl (C=O) groups excluding carboxylic acids is 1. The van der Waals surface area contributed by atoms with Gasteiger partial charge < -0.3 is 15.7 Å². The lowest BCUT2D eigenvalue weighted by Gasteiger charge is -2.24. The molecular formula is C25H26N4O3. The Morgan fingerprint density at radius 3 is 2.44 bits per heavy atom. The average Bonchev–Trinajstić information content (AvgIpc) is 3.20. The van der Waals surface area contributed by atoms with Gasteiger partial charge in [-0.2, -0.15) is 5.10 Å². The van der Waals surface area contributed by atoms with Crippen LogP contribution in [0.1, 0.15) is 58.4 Å². The monoisotopic (exact) mass is 430 g/mol. The van der Waals surface area contributed by atoms with E-state index in [0.29, 0.717) is 17.4 Å². The highest BCUT2D eigenvalue weighted by molar-refractivity contribution is 6.08. The first-order valence-electron chi connectivity index (χ1n) is 10.5. The van der Waals surface area contributed by atoms with Gasteiger partial charge in [0.05, 0.1) is 12.2 Å². The molecule has 7 nitrogen and oxygen atoms in total. The predicted octanol–water partition coefficient (Wildman–Crippen LogP) is 4.86. The van der Waals surface area contributed by atoms with Crippen LogP contribution in [0.2, 0.25) is 0 Å². The van der Waals surface area contributed by atoms with Gasteiger partial charge in [0, 0.05) is 5.69 Å². The third-order valence-electron chi connectivity index (χ3n) is 5.82. The van der Waals surface area contributed by atoms with Gasteiger partial charge in [-0.25, -0.2) is 9.48 Å². The molecule has 0 radical (unpaired) electrons. The van der Waals surface area contributed by atoms with Crippen molar-refractivity contribution in [2.45, 2.75) is 39.7 Å². The molecule has 1 amide bonds. The van der Waals surface area contributed by atoms with Crippen LogP contribution in [0.4, 0.5) is 11.5 Å². The lowest BCUT2D eigenvalue weighted by molar-refractivity contribution is -0.132. The van der Waals surface area contributed by atoms with Crippen molar-refractivity contribution in [2.24, 2.45) is 0 Å². The molecule has 32 heavy (non-hydrogen) atoms. The largest absolute Gasteiger partial charge is 0.477 e. The summed E-state index contributed by atoms with van der Waals surface area (Å²) in [7, 11) is 0. The Bertz CT molecular complexity index is 1220. The average molecular weight is 431 g/mol. The SMILES string of the molecule is Cc1ccc(NC(=O)c2cnn3c2NC(C(=O)O)=CC3c2ccc(C(C)C)cc2)cc1C. The Morgan fingerprint density at radius 2 is 1.81 bits per heavy atom. The van der Waals surface area contributed by atoms with Gasteiger partial charge in [0.1, 0.15) is 17.1 Å². The van der Waals surface area contributed by atoms with Crippen LogP contribution in [0.15, 0.2) is 60.4 Å². The second-order valence-electron chi connectivity index (χ2n) is 8.38. The number of amides is 1. The molecule has 0 bridgehead atoms. The number of carboxylic acid groups (broad SMARTS) is 1. The quantitative estimate of drug-likeness (QED) is 0.537. The highest BCUT2D eigenvalue weighted by Gasteiger charge is 2.29. The molecule has 1 aromatic heterocycles. The second-order valence-corrected chi connectivity index (χ2v) is 8.38. The molecule has 3 aromatic rings. The number of aryl methyl sites for hydroxylation is 2. The molecule has 7 heteroatoms. The van der Waals surface area contributed by atoms with E-state index in [4.69, 9.17) is 0 Å². The van der Waals surface area contributed by atoms with Crippen LogP contribution < -0.4 is 10.6 Å². The zero-order chi connectivity index (χ0) is 23.0. The number of fused-ring (bicyclic) bond motifs is 1. The summed E-state index contributed by atoms with van der Waals surface area (Å²) in [5.74, 6) is -0.711. The minimum Gasteiger partial charge on any atom is -0.477 e. The maximum Gasteiger partial charge on any atom is 0.352 e. The van der Waals surface area contributed by atoms with Crippen LogP contribution in [0.3, 0.4) is 0 Å². The van der Waals surface area contributed by atoms with Crippen molar-refractivity contribution in [3.63, 3.8) is 0 Å². The summed E-state index contributed by atoms with van der Waals surface area (Å²) in [4.78, 5) is 24.8. The number of carbonyl (C=O) groups is 2. The number of hydrogen-bond acceptors (Lipinski definition) is 4. The molecule has 0 saturated carbocycles. The fourth-order valence-corrected chi connectivity index (χ4v) is 3.72. The van der Waals surface area contributed by atoms with Gasteiger partial charge in [-0.05, 0) is 60.2 Å². The van der Waals surface area contributed by atoms with Gasteiger partial charge >= 0.3 is 5.97 Å². The summed E-state index contributed by atoms with van der Waals surface area (Å²) >= 11 is 0. The van der Waals surface area contributed by atoms with Crippen molar-refractivity contribution in [1.82, 2.24) is 9.78 Å². The molecule has 0 spiro atoms. The van der Waals surface area contributed by atoms with Gasteiger partial charge in [-0.3, -0.25) is 4.79 Å². The normalized spacial score (nSPS) is 15.0. The molecule has 164 valence electrons. The van der Waals surface area contributed by atoms with Gasteiger partial charge in [0.25, 0.3) is 5.91 Å². The molecule has 1 unspecified atom stereocenters. The number of allylic oxidation sites excluding steroid dienone is 1. The summed E-state index contributed by atoms with van der Waals surface area (Å²) < 4.78 is 1.64. The van der Waals surface area contributed by atoms with Crippen molar-refractivity contribution < 1.29 is 14.7 Å². The summed E-state index contributed by atoms with van der Waals surface area (Å²) in [6, 6.07) is 13.3. The summed E-state index contributed by atoms with van der Waals surface area (Å²) in [5.41, 5.74) is 5.24. The van der Waals surface area contributed by atoms with E-state index >= 15 is 0 Å². The first kappa shape index (κ1) is 21.4. The molecule has 4 rings (SSSR count).